The van der Waals surface area contributed by atoms with Crippen molar-refractivity contribution in [3.8, 4) is 0 Å². The minimum Gasteiger partial charge on any atom is -0.480 e. The molecule has 0 fully saturated rings. The van der Waals surface area contributed by atoms with Gasteiger partial charge in [-0.1, -0.05) is 15.9 Å². The van der Waals surface area contributed by atoms with E-state index < -0.39 is 12.0 Å². The zero-order chi connectivity index (χ0) is 7.98. The second-order valence-electron chi connectivity index (χ2n) is 2.06. The first-order valence-corrected chi connectivity index (χ1v) is 4.32. The van der Waals surface area contributed by atoms with Crippen LogP contribution >= 0.6 is 15.9 Å². The molecule has 2 N–H and O–H groups in total. The average molecular weight is 210 g/mol. The molecular weight excluding hydrogens is 198 g/mol. The van der Waals surface area contributed by atoms with Crippen molar-refractivity contribution in [2.75, 3.05) is 11.9 Å². The highest BCUT2D eigenvalue weighted by molar-refractivity contribution is 9.09. The highest BCUT2D eigenvalue weighted by Gasteiger charge is 2.07. The van der Waals surface area contributed by atoms with Gasteiger partial charge in [-0.15, -0.1) is 0 Å². The first-order valence-electron chi connectivity index (χ1n) is 3.20. The van der Waals surface area contributed by atoms with Gasteiger partial charge in [-0.2, -0.15) is 0 Å². The lowest BCUT2D eigenvalue weighted by Crippen LogP contribution is -2.34. The van der Waals surface area contributed by atoms with E-state index in [-0.39, 0.29) is 0 Å². The van der Waals surface area contributed by atoms with E-state index in [2.05, 4.69) is 21.2 Å². The van der Waals surface area contributed by atoms with Crippen LogP contribution in [0.25, 0.3) is 0 Å². The van der Waals surface area contributed by atoms with Crippen LogP contribution in [0.4, 0.5) is 0 Å². The lowest BCUT2D eigenvalue weighted by molar-refractivity contribution is -0.138. The second kappa shape index (κ2) is 5.68. The van der Waals surface area contributed by atoms with E-state index in [1.807, 2.05) is 0 Å². The maximum Gasteiger partial charge on any atom is 0.320 e. The van der Waals surface area contributed by atoms with E-state index in [4.69, 9.17) is 5.11 Å². The first kappa shape index (κ1) is 9.91. The third-order valence-corrected chi connectivity index (χ3v) is 1.69. The maximum atomic E-state index is 10.2. The molecule has 0 aliphatic heterocycles. The molecule has 60 valence electrons. The number of hydrogen-bond donors (Lipinski definition) is 2. The van der Waals surface area contributed by atoms with Gasteiger partial charge in [-0.25, -0.2) is 0 Å². The maximum absolute atomic E-state index is 10.2. The van der Waals surface area contributed by atoms with Crippen molar-refractivity contribution >= 4 is 21.9 Å². The van der Waals surface area contributed by atoms with E-state index in [0.717, 1.165) is 18.3 Å². The Morgan fingerprint density at radius 3 is 2.80 bits per heavy atom. The number of nitrogens with one attached hydrogen (secondary N) is 1. The number of hydrogen-bond acceptors (Lipinski definition) is 2. The highest BCUT2D eigenvalue weighted by Crippen LogP contribution is 1.86. The summed E-state index contributed by atoms with van der Waals surface area (Å²) >= 11 is 3.25. The molecule has 0 heterocycles. The fourth-order valence-corrected chi connectivity index (χ4v) is 0.753. The summed E-state index contributed by atoms with van der Waals surface area (Å²) in [6.07, 6.45) is 0.956. The third kappa shape index (κ3) is 4.76. The smallest absolute Gasteiger partial charge is 0.320 e. The molecule has 3 nitrogen and oxygen atoms in total. The Kier molecular flexibility index (Phi) is 5.63. The lowest BCUT2D eigenvalue weighted by Gasteiger charge is -2.06. The van der Waals surface area contributed by atoms with E-state index in [1.165, 1.54) is 0 Å². The zero-order valence-corrected chi connectivity index (χ0v) is 7.52. The molecule has 4 heteroatoms. The molecule has 0 saturated carbocycles. The van der Waals surface area contributed by atoms with Gasteiger partial charge in [0.1, 0.15) is 6.04 Å². The first-order chi connectivity index (χ1) is 4.68. The third-order valence-electron chi connectivity index (χ3n) is 1.13. The van der Waals surface area contributed by atoms with Gasteiger partial charge in [0.15, 0.2) is 0 Å². The second-order valence-corrected chi connectivity index (χ2v) is 2.85. The molecule has 0 aromatic rings. The SMILES string of the molecule is C[C@H](NCCCBr)C(=O)O. The minimum atomic E-state index is -0.797. The Balaban J connectivity index is 3.21. The van der Waals surface area contributed by atoms with Crippen LogP contribution in [0.1, 0.15) is 13.3 Å². The van der Waals surface area contributed by atoms with Gasteiger partial charge in [-0.05, 0) is 19.9 Å². The molecule has 0 spiro atoms. The predicted octanol–water partition coefficient (Wildman–Crippen LogP) is 0.834. The molecule has 0 radical (unpaired) electrons. The molecule has 0 saturated heterocycles. The van der Waals surface area contributed by atoms with Crippen molar-refractivity contribution in [3.05, 3.63) is 0 Å². The number of carbonyl (C=O) groups is 1. The summed E-state index contributed by atoms with van der Waals surface area (Å²) in [7, 11) is 0. The van der Waals surface area contributed by atoms with E-state index in [9.17, 15) is 4.79 Å². The molecule has 0 amide bonds. The Bertz CT molecular complexity index is 108. The largest absolute Gasteiger partial charge is 0.480 e. The standard InChI is InChI=1S/C6H12BrNO2/c1-5(6(9)10)8-4-2-3-7/h5,8H,2-4H2,1H3,(H,9,10)/t5-/m0/s1. The van der Waals surface area contributed by atoms with Crippen molar-refractivity contribution in [3.63, 3.8) is 0 Å². The lowest BCUT2D eigenvalue weighted by atomic mass is 10.3. The number of aliphatic carboxylic acids is 1. The van der Waals surface area contributed by atoms with Crippen LogP contribution in [0.5, 0.6) is 0 Å². The monoisotopic (exact) mass is 209 g/mol. The van der Waals surface area contributed by atoms with Crippen molar-refractivity contribution < 1.29 is 9.90 Å². The van der Waals surface area contributed by atoms with Crippen molar-refractivity contribution in [2.24, 2.45) is 0 Å². The Morgan fingerprint density at radius 1 is 1.80 bits per heavy atom. The normalized spacial score (nSPS) is 13.0. The molecule has 0 bridgehead atoms. The van der Waals surface area contributed by atoms with Gasteiger partial charge in [0.25, 0.3) is 0 Å². The minimum absolute atomic E-state index is 0.431. The molecule has 0 aliphatic carbocycles. The van der Waals surface area contributed by atoms with Gasteiger partial charge < -0.3 is 10.4 Å². The van der Waals surface area contributed by atoms with Crippen LogP contribution in [-0.2, 0) is 4.79 Å². The molecule has 10 heavy (non-hydrogen) atoms. The molecule has 1 atom stereocenters. The van der Waals surface area contributed by atoms with Crippen LogP contribution in [0.3, 0.4) is 0 Å². The topological polar surface area (TPSA) is 49.3 Å². The van der Waals surface area contributed by atoms with Crippen molar-refractivity contribution in [1.29, 1.82) is 0 Å². The Morgan fingerprint density at radius 2 is 2.40 bits per heavy atom. The zero-order valence-electron chi connectivity index (χ0n) is 5.93. The number of carboxylic acid groups (broad SMARTS) is 1. The summed E-state index contributed by atoms with van der Waals surface area (Å²) < 4.78 is 0. The quantitative estimate of drug-likeness (QED) is 0.522. The number of halogens is 1. The number of carboxylic acids is 1. The summed E-state index contributed by atoms with van der Waals surface area (Å²) in [4.78, 5) is 10.2. The van der Waals surface area contributed by atoms with E-state index in [0.29, 0.717) is 0 Å². The summed E-state index contributed by atoms with van der Waals surface area (Å²) in [5.41, 5.74) is 0. The molecule has 0 aromatic heterocycles. The molecule has 0 aromatic carbocycles. The summed E-state index contributed by atoms with van der Waals surface area (Å²) in [6, 6.07) is -0.431. The summed E-state index contributed by atoms with van der Waals surface area (Å²) in [5, 5.41) is 12.2. The molecule has 0 rings (SSSR count). The van der Waals surface area contributed by atoms with Crippen LogP contribution in [-0.4, -0.2) is 29.0 Å². The van der Waals surface area contributed by atoms with Crippen molar-refractivity contribution in [2.45, 2.75) is 19.4 Å². The van der Waals surface area contributed by atoms with Gasteiger partial charge in [0.05, 0.1) is 0 Å². The van der Waals surface area contributed by atoms with Gasteiger partial charge in [0, 0.05) is 5.33 Å². The molecule has 0 aliphatic rings. The van der Waals surface area contributed by atoms with Crippen LogP contribution in [0.2, 0.25) is 0 Å². The van der Waals surface area contributed by atoms with Gasteiger partial charge >= 0.3 is 5.97 Å². The Hall–Kier alpha value is -0.0900. The van der Waals surface area contributed by atoms with E-state index in [1.54, 1.807) is 6.92 Å². The number of rotatable bonds is 5. The van der Waals surface area contributed by atoms with E-state index >= 15 is 0 Å². The van der Waals surface area contributed by atoms with Crippen LogP contribution < -0.4 is 5.32 Å². The predicted molar refractivity (Wildman–Crippen MR) is 43.5 cm³/mol. The van der Waals surface area contributed by atoms with Crippen LogP contribution in [0.15, 0.2) is 0 Å². The number of alkyl halides is 1. The fraction of sp³-hybridized carbons (Fsp3) is 0.833. The molecular formula is C6H12BrNO2. The van der Waals surface area contributed by atoms with Gasteiger partial charge in [0.2, 0.25) is 0 Å². The highest BCUT2D eigenvalue weighted by atomic mass is 79.9. The average Bonchev–Trinajstić information content (AvgIpc) is 1.88. The van der Waals surface area contributed by atoms with Crippen molar-refractivity contribution in [1.82, 2.24) is 5.32 Å². The summed E-state index contributed by atoms with van der Waals surface area (Å²) in [5.74, 6) is -0.797. The van der Waals surface area contributed by atoms with Crippen LogP contribution in [0, 0.1) is 0 Å². The van der Waals surface area contributed by atoms with Gasteiger partial charge in [-0.3, -0.25) is 4.79 Å². The summed E-state index contributed by atoms with van der Waals surface area (Å²) in [6.45, 7) is 2.38. The fourth-order valence-electron chi connectivity index (χ4n) is 0.473. The Labute approximate surface area is 68.9 Å². The molecule has 0 unspecified atom stereocenters.